The highest BCUT2D eigenvalue weighted by Crippen LogP contribution is 2.46. The van der Waals surface area contributed by atoms with Gasteiger partial charge in [-0.25, -0.2) is 14.4 Å². The Bertz CT molecular complexity index is 929. The van der Waals surface area contributed by atoms with Crippen molar-refractivity contribution in [1.29, 1.82) is 0 Å². The van der Waals surface area contributed by atoms with Crippen molar-refractivity contribution in [2.75, 3.05) is 0 Å². The predicted molar refractivity (Wildman–Crippen MR) is 74.7 cm³/mol. The van der Waals surface area contributed by atoms with Gasteiger partial charge >= 0.3 is 17.9 Å². The van der Waals surface area contributed by atoms with Gasteiger partial charge in [0.15, 0.2) is 6.10 Å². The summed E-state index contributed by atoms with van der Waals surface area (Å²) in [5.41, 5.74) is 3.22. The van der Waals surface area contributed by atoms with E-state index >= 15 is 0 Å². The Kier molecular flexibility index (Phi) is 2.21. The SMILES string of the molecule is O=C1OC(=O)c2cc(-c3ccc4c(c3)C(=O)OC3OC43)ccc21. The van der Waals surface area contributed by atoms with E-state index in [-0.39, 0.29) is 17.2 Å². The topological polar surface area (TPSA) is 82.2 Å². The minimum absolute atomic E-state index is 0.177. The van der Waals surface area contributed by atoms with Gasteiger partial charge in [-0.2, -0.15) is 0 Å². The Balaban J connectivity index is 1.62. The molecule has 0 N–H and O–H groups in total. The molecule has 5 rings (SSSR count). The summed E-state index contributed by atoms with van der Waals surface area (Å²) in [5.74, 6) is -1.71. The van der Waals surface area contributed by atoms with Crippen molar-refractivity contribution in [2.24, 2.45) is 0 Å². The molecule has 0 spiro atoms. The van der Waals surface area contributed by atoms with Gasteiger partial charge in [-0.1, -0.05) is 18.2 Å². The lowest BCUT2D eigenvalue weighted by atomic mass is 9.94. The smallest absolute Gasteiger partial charge is 0.346 e. The van der Waals surface area contributed by atoms with Crippen LogP contribution < -0.4 is 0 Å². The molecule has 2 atom stereocenters. The summed E-state index contributed by atoms with van der Waals surface area (Å²) in [6.45, 7) is 0. The minimum atomic E-state index is -0.654. The highest BCUT2D eigenvalue weighted by Gasteiger charge is 2.49. The number of carbonyl (C=O) groups excluding carboxylic acids is 3. The average Bonchev–Trinajstić information content (AvgIpc) is 3.27. The molecule has 0 bridgehead atoms. The molecule has 2 unspecified atom stereocenters. The van der Waals surface area contributed by atoms with Crippen LogP contribution in [0.1, 0.15) is 42.7 Å². The second-order valence-electron chi connectivity index (χ2n) is 5.57. The zero-order chi connectivity index (χ0) is 15.7. The Morgan fingerprint density at radius 3 is 2.26 bits per heavy atom. The third-order valence-corrected chi connectivity index (χ3v) is 4.23. The number of rotatable bonds is 1. The number of hydrogen-bond acceptors (Lipinski definition) is 6. The molecule has 23 heavy (non-hydrogen) atoms. The number of benzene rings is 2. The minimum Gasteiger partial charge on any atom is -0.429 e. The monoisotopic (exact) mass is 308 g/mol. The second-order valence-corrected chi connectivity index (χ2v) is 5.57. The van der Waals surface area contributed by atoms with E-state index in [4.69, 9.17) is 9.47 Å². The van der Waals surface area contributed by atoms with Crippen LogP contribution in [0.5, 0.6) is 0 Å². The van der Waals surface area contributed by atoms with E-state index in [1.165, 1.54) is 0 Å². The van der Waals surface area contributed by atoms with Gasteiger partial charge in [0.2, 0.25) is 6.29 Å². The molecular weight excluding hydrogens is 300 g/mol. The summed E-state index contributed by atoms with van der Waals surface area (Å²) < 4.78 is 14.9. The third kappa shape index (κ3) is 1.69. The van der Waals surface area contributed by atoms with E-state index in [2.05, 4.69) is 4.74 Å². The second kappa shape index (κ2) is 4.05. The number of hydrogen-bond donors (Lipinski definition) is 0. The summed E-state index contributed by atoms with van der Waals surface area (Å²) in [5, 5.41) is 0. The lowest BCUT2D eigenvalue weighted by molar-refractivity contribution is 0.0290. The number of ether oxygens (including phenoxy) is 3. The molecule has 0 amide bonds. The van der Waals surface area contributed by atoms with Gasteiger partial charge in [-0.15, -0.1) is 0 Å². The standard InChI is InChI=1S/C17H8O6/c18-14-10-4-2-8(6-12(10)15(19)22-14)7-1-3-9-11(5-7)16(20)23-17-13(9)21-17/h1-6,13,17H. The zero-order valence-electron chi connectivity index (χ0n) is 11.6. The van der Waals surface area contributed by atoms with Crippen LogP contribution in [-0.4, -0.2) is 24.2 Å². The van der Waals surface area contributed by atoms with E-state index in [9.17, 15) is 14.4 Å². The van der Waals surface area contributed by atoms with Crippen molar-refractivity contribution in [2.45, 2.75) is 12.4 Å². The Morgan fingerprint density at radius 2 is 1.43 bits per heavy atom. The average molecular weight is 308 g/mol. The van der Waals surface area contributed by atoms with Gasteiger partial charge < -0.3 is 14.2 Å². The fourth-order valence-electron chi connectivity index (χ4n) is 3.00. The van der Waals surface area contributed by atoms with Crippen LogP contribution in [0.15, 0.2) is 36.4 Å². The molecular formula is C17H8O6. The molecule has 6 nitrogen and oxygen atoms in total. The number of esters is 3. The first-order valence-corrected chi connectivity index (χ1v) is 7.03. The van der Waals surface area contributed by atoms with Crippen LogP contribution in [0.3, 0.4) is 0 Å². The first kappa shape index (κ1) is 12.5. The molecule has 2 aromatic rings. The fourth-order valence-corrected chi connectivity index (χ4v) is 3.00. The van der Waals surface area contributed by atoms with Crippen LogP contribution in [0.4, 0.5) is 0 Å². The number of epoxide rings is 1. The first-order chi connectivity index (χ1) is 11.1. The van der Waals surface area contributed by atoms with Crippen LogP contribution in [-0.2, 0) is 14.2 Å². The molecule has 0 radical (unpaired) electrons. The molecule has 1 fully saturated rings. The van der Waals surface area contributed by atoms with Gasteiger partial charge in [0, 0.05) is 5.56 Å². The van der Waals surface area contributed by atoms with E-state index < -0.39 is 24.2 Å². The van der Waals surface area contributed by atoms with Gasteiger partial charge in [0.1, 0.15) is 0 Å². The Morgan fingerprint density at radius 1 is 0.739 bits per heavy atom. The van der Waals surface area contributed by atoms with Crippen molar-refractivity contribution in [3.8, 4) is 11.1 Å². The molecule has 112 valence electrons. The van der Waals surface area contributed by atoms with Crippen LogP contribution in [0, 0.1) is 0 Å². The predicted octanol–water partition coefficient (Wildman–Crippen LogP) is 2.23. The molecule has 3 heterocycles. The van der Waals surface area contributed by atoms with E-state index in [1.807, 2.05) is 12.1 Å². The lowest BCUT2D eigenvalue weighted by Crippen LogP contribution is -2.16. The van der Waals surface area contributed by atoms with Crippen molar-refractivity contribution in [3.63, 3.8) is 0 Å². The molecule has 3 aliphatic heterocycles. The molecule has 2 aromatic carbocycles. The molecule has 1 saturated heterocycles. The Labute approximate surface area is 129 Å². The van der Waals surface area contributed by atoms with E-state index in [0.29, 0.717) is 11.1 Å². The summed E-state index contributed by atoms with van der Waals surface area (Å²) in [7, 11) is 0. The van der Waals surface area contributed by atoms with Gasteiger partial charge in [0.25, 0.3) is 0 Å². The normalized spacial score (nSPS) is 23.6. The third-order valence-electron chi connectivity index (χ3n) is 4.23. The van der Waals surface area contributed by atoms with E-state index in [0.717, 1.165) is 11.1 Å². The van der Waals surface area contributed by atoms with Crippen molar-refractivity contribution >= 4 is 17.9 Å². The van der Waals surface area contributed by atoms with Crippen molar-refractivity contribution in [1.82, 2.24) is 0 Å². The summed E-state index contributed by atoms with van der Waals surface area (Å²) in [6, 6.07) is 10.2. The highest BCUT2D eigenvalue weighted by atomic mass is 16.8. The van der Waals surface area contributed by atoms with Crippen molar-refractivity contribution in [3.05, 3.63) is 58.7 Å². The summed E-state index contributed by atoms with van der Waals surface area (Å²) in [6.07, 6.45) is -0.633. The van der Waals surface area contributed by atoms with Gasteiger partial charge in [-0.05, 0) is 29.3 Å². The Hall–Kier alpha value is -2.99. The van der Waals surface area contributed by atoms with E-state index in [1.54, 1.807) is 24.3 Å². The summed E-state index contributed by atoms with van der Waals surface area (Å²) in [4.78, 5) is 35.1. The first-order valence-electron chi connectivity index (χ1n) is 7.03. The fraction of sp³-hybridized carbons (Fsp3) is 0.118. The lowest BCUT2D eigenvalue weighted by Gasteiger charge is -2.13. The quantitative estimate of drug-likeness (QED) is 0.456. The number of cyclic esters (lactones) is 2. The molecule has 0 saturated carbocycles. The number of fused-ring (bicyclic) bond motifs is 4. The number of carbonyl (C=O) groups is 3. The molecule has 6 heteroatoms. The molecule has 0 aromatic heterocycles. The summed E-state index contributed by atoms with van der Waals surface area (Å²) >= 11 is 0. The molecule has 0 aliphatic carbocycles. The molecule has 3 aliphatic rings. The largest absolute Gasteiger partial charge is 0.429 e. The maximum Gasteiger partial charge on any atom is 0.346 e. The van der Waals surface area contributed by atoms with Crippen LogP contribution in [0.2, 0.25) is 0 Å². The van der Waals surface area contributed by atoms with Crippen LogP contribution in [0.25, 0.3) is 11.1 Å². The maximum atomic E-state index is 12.0. The van der Waals surface area contributed by atoms with Gasteiger partial charge in [-0.3, -0.25) is 0 Å². The van der Waals surface area contributed by atoms with Crippen LogP contribution >= 0.6 is 0 Å². The van der Waals surface area contributed by atoms with Crippen molar-refractivity contribution < 1.29 is 28.6 Å². The maximum absolute atomic E-state index is 12.0. The van der Waals surface area contributed by atoms with Gasteiger partial charge in [0.05, 0.1) is 16.7 Å². The zero-order valence-corrected chi connectivity index (χ0v) is 11.6. The highest BCUT2D eigenvalue weighted by molar-refractivity contribution is 6.15.